The Morgan fingerprint density at radius 3 is 2.39 bits per heavy atom. The van der Waals surface area contributed by atoms with Crippen molar-refractivity contribution in [1.82, 2.24) is 9.80 Å². The number of hydrogen-bond acceptors (Lipinski definition) is 2. The van der Waals surface area contributed by atoms with Crippen molar-refractivity contribution in [1.29, 1.82) is 0 Å². The van der Waals surface area contributed by atoms with E-state index < -0.39 is 0 Å². The summed E-state index contributed by atoms with van der Waals surface area (Å²) >= 11 is 0. The van der Waals surface area contributed by atoms with Crippen LogP contribution in [0.5, 0.6) is 0 Å². The summed E-state index contributed by atoms with van der Waals surface area (Å²) < 4.78 is 0. The van der Waals surface area contributed by atoms with Gasteiger partial charge in [-0.25, -0.2) is 0 Å². The van der Waals surface area contributed by atoms with Gasteiger partial charge in [-0.15, -0.1) is 6.58 Å². The molecule has 1 aliphatic rings. The first kappa shape index (κ1) is 14.9. The monoisotopic (exact) mass is 248 g/mol. The quantitative estimate of drug-likeness (QED) is 0.367. The molecular formula is C16H28N2. The Morgan fingerprint density at radius 1 is 1.28 bits per heavy atom. The normalized spacial score (nSPS) is 16.7. The lowest BCUT2D eigenvalue weighted by Crippen LogP contribution is -2.29. The second kappa shape index (κ2) is 7.30. The molecule has 1 aliphatic carbocycles. The Labute approximate surface area is 113 Å². The van der Waals surface area contributed by atoms with Crippen LogP contribution in [-0.2, 0) is 0 Å². The number of rotatable bonds is 8. The van der Waals surface area contributed by atoms with Crippen LogP contribution in [0.1, 0.15) is 32.6 Å². The van der Waals surface area contributed by atoms with Crippen molar-refractivity contribution >= 4 is 0 Å². The molecule has 102 valence electrons. The molecule has 0 unspecified atom stereocenters. The molecular weight excluding hydrogens is 220 g/mol. The first-order chi connectivity index (χ1) is 8.60. The van der Waals surface area contributed by atoms with E-state index in [1.165, 1.54) is 30.7 Å². The zero-order chi connectivity index (χ0) is 13.5. The van der Waals surface area contributed by atoms with Crippen molar-refractivity contribution < 1.29 is 0 Å². The fourth-order valence-electron chi connectivity index (χ4n) is 2.17. The standard InChI is InChI=1S/C16H28N2/c1-6-8-9-12-18(5)16(17(3)4)13-14(7-2)15-10-11-15/h6-7,13,15H,1,8-12H2,2-5H3/b14-7+,16-13-. The third-order valence-electron chi connectivity index (χ3n) is 3.43. The van der Waals surface area contributed by atoms with Gasteiger partial charge in [0.25, 0.3) is 0 Å². The molecule has 0 saturated heterocycles. The minimum Gasteiger partial charge on any atom is -0.364 e. The molecule has 1 rings (SSSR count). The number of hydrogen-bond donors (Lipinski definition) is 0. The van der Waals surface area contributed by atoms with Crippen LogP contribution in [0.3, 0.4) is 0 Å². The highest BCUT2D eigenvalue weighted by molar-refractivity contribution is 5.27. The predicted octanol–water partition coefficient (Wildman–Crippen LogP) is 3.64. The van der Waals surface area contributed by atoms with Gasteiger partial charge in [-0.1, -0.05) is 12.2 Å². The molecule has 0 N–H and O–H groups in total. The van der Waals surface area contributed by atoms with E-state index in [4.69, 9.17) is 0 Å². The molecule has 0 heterocycles. The average Bonchev–Trinajstić information content (AvgIpc) is 3.14. The van der Waals surface area contributed by atoms with E-state index in [2.05, 4.69) is 56.6 Å². The number of unbranched alkanes of at least 4 members (excludes halogenated alkanes) is 1. The zero-order valence-corrected chi connectivity index (χ0v) is 12.4. The average molecular weight is 248 g/mol. The van der Waals surface area contributed by atoms with Gasteiger partial charge < -0.3 is 9.80 Å². The largest absolute Gasteiger partial charge is 0.364 e. The highest BCUT2D eigenvalue weighted by Gasteiger charge is 2.24. The summed E-state index contributed by atoms with van der Waals surface area (Å²) in [5.74, 6) is 2.12. The summed E-state index contributed by atoms with van der Waals surface area (Å²) in [5, 5.41) is 0. The van der Waals surface area contributed by atoms with Crippen LogP contribution in [0.25, 0.3) is 0 Å². The van der Waals surface area contributed by atoms with E-state index in [0.717, 1.165) is 18.9 Å². The van der Waals surface area contributed by atoms with Gasteiger partial charge in [0.15, 0.2) is 0 Å². The van der Waals surface area contributed by atoms with Gasteiger partial charge in [0, 0.05) is 27.7 Å². The lowest BCUT2D eigenvalue weighted by Gasteiger charge is -2.28. The summed E-state index contributed by atoms with van der Waals surface area (Å²) in [6.07, 6.45) is 11.6. The molecule has 1 saturated carbocycles. The van der Waals surface area contributed by atoms with Crippen molar-refractivity contribution in [3.63, 3.8) is 0 Å². The Bertz CT molecular complexity index is 322. The summed E-state index contributed by atoms with van der Waals surface area (Å²) in [6.45, 7) is 7.01. The molecule has 0 aromatic carbocycles. The van der Waals surface area contributed by atoms with Crippen molar-refractivity contribution in [2.24, 2.45) is 5.92 Å². The molecule has 2 nitrogen and oxygen atoms in total. The first-order valence-corrected chi connectivity index (χ1v) is 6.97. The van der Waals surface area contributed by atoms with E-state index in [0.29, 0.717) is 0 Å². The fraction of sp³-hybridized carbons (Fsp3) is 0.625. The van der Waals surface area contributed by atoms with Gasteiger partial charge >= 0.3 is 0 Å². The molecule has 0 aliphatic heterocycles. The lowest BCUT2D eigenvalue weighted by atomic mass is 10.1. The van der Waals surface area contributed by atoms with E-state index in [1.807, 2.05) is 6.08 Å². The Hall–Kier alpha value is -1.18. The third-order valence-corrected chi connectivity index (χ3v) is 3.43. The molecule has 0 spiro atoms. The molecule has 18 heavy (non-hydrogen) atoms. The molecule has 2 heteroatoms. The van der Waals surface area contributed by atoms with Crippen molar-refractivity contribution in [3.8, 4) is 0 Å². The maximum absolute atomic E-state index is 3.78. The van der Waals surface area contributed by atoms with Gasteiger partial charge in [-0.05, 0) is 50.2 Å². The summed E-state index contributed by atoms with van der Waals surface area (Å²) in [4.78, 5) is 4.55. The van der Waals surface area contributed by atoms with E-state index in [1.54, 1.807) is 0 Å². The molecule has 0 bridgehead atoms. The fourth-order valence-corrected chi connectivity index (χ4v) is 2.17. The Morgan fingerprint density at radius 2 is 1.94 bits per heavy atom. The summed E-state index contributed by atoms with van der Waals surface area (Å²) in [7, 11) is 6.42. The minimum atomic E-state index is 0.812. The predicted molar refractivity (Wildman–Crippen MR) is 80.3 cm³/mol. The second-order valence-corrected chi connectivity index (χ2v) is 5.31. The van der Waals surface area contributed by atoms with Crippen LogP contribution in [0.4, 0.5) is 0 Å². The highest BCUT2D eigenvalue weighted by Crippen LogP contribution is 2.37. The lowest BCUT2D eigenvalue weighted by molar-refractivity contribution is 0.296. The van der Waals surface area contributed by atoms with E-state index >= 15 is 0 Å². The molecule has 1 fully saturated rings. The van der Waals surface area contributed by atoms with Gasteiger partial charge in [-0.2, -0.15) is 0 Å². The van der Waals surface area contributed by atoms with Crippen LogP contribution in [0.15, 0.2) is 36.2 Å². The minimum absolute atomic E-state index is 0.812. The van der Waals surface area contributed by atoms with Gasteiger partial charge in [-0.3, -0.25) is 0 Å². The smallest absolute Gasteiger partial charge is 0.103 e. The van der Waals surface area contributed by atoms with E-state index in [9.17, 15) is 0 Å². The number of nitrogens with zero attached hydrogens (tertiary/aromatic N) is 2. The SMILES string of the molecule is C=CCCCN(C)/C(=C\C(=C/C)C1CC1)N(C)C. The van der Waals surface area contributed by atoms with Crippen LogP contribution < -0.4 is 0 Å². The van der Waals surface area contributed by atoms with Crippen LogP contribution in [-0.4, -0.2) is 37.5 Å². The first-order valence-electron chi connectivity index (χ1n) is 6.97. The Kier molecular flexibility index (Phi) is 6.03. The number of allylic oxidation sites excluding steroid dienone is 4. The van der Waals surface area contributed by atoms with Gasteiger partial charge in [0.1, 0.15) is 5.82 Å². The molecule has 0 radical (unpaired) electrons. The maximum Gasteiger partial charge on any atom is 0.103 e. The summed E-state index contributed by atoms with van der Waals surface area (Å²) in [5.41, 5.74) is 1.49. The van der Waals surface area contributed by atoms with Crippen LogP contribution in [0, 0.1) is 5.92 Å². The van der Waals surface area contributed by atoms with Crippen molar-refractivity contribution in [2.75, 3.05) is 27.7 Å². The second-order valence-electron chi connectivity index (χ2n) is 5.31. The molecule has 0 atom stereocenters. The van der Waals surface area contributed by atoms with Gasteiger partial charge in [0.05, 0.1) is 0 Å². The molecule has 0 amide bonds. The highest BCUT2D eigenvalue weighted by atomic mass is 15.3. The Balaban J connectivity index is 2.68. The summed E-state index contributed by atoms with van der Waals surface area (Å²) in [6, 6.07) is 0. The van der Waals surface area contributed by atoms with Crippen molar-refractivity contribution in [3.05, 3.63) is 36.2 Å². The van der Waals surface area contributed by atoms with Crippen LogP contribution >= 0.6 is 0 Å². The molecule has 0 aromatic heterocycles. The van der Waals surface area contributed by atoms with Crippen LogP contribution in [0.2, 0.25) is 0 Å². The zero-order valence-electron chi connectivity index (χ0n) is 12.4. The molecule has 0 aromatic rings. The van der Waals surface area contributed by atoms with E-state index in [-0.39, 0.29) is 0 Å². The van der Waals surface area contributed by atoms with Crippen molar-refractivity contribution in [2.45, 2.75) is 32.6 Å². The van der Waals surface area contributed by atoms with Gasteiger partial charge in [0.2, 0.25) is 0 Å². The topological polar surface area (TPSA) is 6.48 Å². The third kappa shape index (κ3) is 4.59. The maximum atomic E-state index is 3.78.